The minimum Gasteiger partial charge on any atom is -0.497 e. The molecule has 12 heteroatoms. The van der Waals surface area contributed by atoms with Crippen LogP contribution in [0.3, 0.4) is 0 Å². The van der Waals surface area contributed by atoms with Gasteiger partial charge in [0.2, 0.25) is 10.0 Å². The first-order chi connectivity index (χ1) is 18.0. The highest BCUT2D eigenvalue weighted by Gasteiger charge is 2.46. The van der Waals surface area contributed by atoms with Crippen molar-refractivity contribution in [3.05, 3.63) is 70.2 Å². The quantitative estimate of drug-likeness (QED) is 0.286. The molecule has 9 nitrogen and oxygen atoms in total. The van der Waals surface area contributed by atoms with E-state index in [0.29, 0.717) is 38.6 Å². The van der Waals surface area contributed by atoms with Gasteiger partial charge in [-0.15, -0.1) is 0 Å². The van der Waals surface area contributed by atoms with Crippen LogP contribution in [-0.4, -0.2) is 56.4 Å². The lowest BCUT2D eigenvalue weighted by atomic mass is 10.0. The van der Waals surface area contributed by atoms with Gasteiger partial charge in [-0.05, 0) is 41.9 Å². The molecule has 2 unspecified atom stereocenters. The van der Waals surface area contributed by atoms with Gasteiger partial charge in [-0.1, -0.05) is 12.1 Å². The largest absolute Gasteiger partial charge is 0.497 e. The van der Waals surface area contributed by atoms with Crippen LogP contribution in [0, 0.1) is 0 Å². The zero-order valence-corrected chi connectivity index (χ0v) is 24.5. The molecule has 0 aliphatic carbocycles. The molecular formula is C26H31BrFN3O6S. The summed E-state index contributed by atoms with van der Waals surface area (Å²) in [6, 6.07) is 10.1. The van der Waals surface area contributed by atoms with E-state index in [1.807, 2.05) is 0 Å². The van der Waals surface area contributed by atoms with Crippen LogP contribution in [0.25, 0.3) is 0 Å². The number of hydrogen-bond acceptors (Lipinski definition) is 8. The van der Waals surface area contributed by atoms with Crippen LogP contribution in [0.4, 0.5) is 4.39 Å². The highest BCUT2D eigenvalue weighted by Crippen LogP contribution is 2.36. The van der Waals surface area contributed by atoms with Crippen LogP contribution >= 0.6 is 15.9 Å². The van der Waals surface area contributed by atoms with E-state index in [4.69, 9.17) is 18.9 Å². The summed E-state index contributed by atoms with van der Waals surface area (Å²) < 4.78 is 67.5. The highest BCUT2D eigenvalue weighted by molar-refractivity contribution is 9.10. The molecule has 1 aromatic heterocycles. The van der Waals surface area contributed by atoms with E-state index in [-0.39, 0.29) is 18.9 Å². The second-order valence-electron chi connectivity index (χ2n) is 8.61. The van der Waals surface area contributed by atoms with Gasteiger partial charge >= 0.3 is 0 Å². The Bertz CT molecular complexity index is 1300. The van der Waals surface area contributed by atoms with Crippen LogP contribution < -0.4 is 18.9 Å². The van der Waals surface area contributed by atoms with E-state index in [2.05, 4.69) is 25.9 Å². The van der Waals surface area contributed by atoms with Crippen molar-refractivity contribution in [3.63, 3.8) is 0 Å². The van der Waals surface area contributed by atoms with E-state index in [1.165, 1.54) is 59.0 Å². The summed E-state index contributed by atoms with van der Waals surface area (Å²) >= 11 is 3.22. The van der Waals surface area contributed by atoms with Crippen molar-refractivity contribution >= 4 is 26.0 Å². The number of alkyl halides is 1. The van der Waals surface area contributed by atoms with Crippen molar-refractivity contribution in [2.75, 3.05) is 28.4 Å². The minimum atomic E-state index is -4.30. The summed E-state index contributed by atoms with van der Waals surface area (Å²) in [5, 5.41) is -1.54. The minimum absolute atomic E-state index is 0.105. The summed E-state index contributed by atoms with van der Waals surface area (Å²) in [5.41, 5.74) is -1.26. The van der Waals surface area contributed by atoms with Gasteiger partial charge in [0.05, 0.1) is 32.9 Å². The molecule has 0 amide bonds. The molecule has 0 spiro atoms. The Kier molecular flexibility index (Phi) is 9.55. The lowest BCUT2D eigenvalue weighted by Gasteiger charge is -2.32. The maximum Gasteiger partial charge on any atom is 0.220 e. The zero-order valence-electron chi connectivity index (χ0n) is 22.1. The maximum absolute atomic E-state index is 16.1. The van der Waals surface area contributed by atoms with Crippen LogP contribution in [0.2, 0.25) is 0 Å². The number of ether oxygens (including phenoxy) is 4. The van der Waals surface area contributed by atoms with Crippen LogP contribution in [0.5, 0.6) is 23.0 Å². The Morgan fingerprint density at radius 1 is 0.895 bits per heavy atom. The molecule has 1 heterocycles. The number of rotatable bonds is 12. The van der Waals surface area contributed by atoms with Crippen LogP contribution in [-0.2, 0) is 28.8 Å². The third-order valence-corrected chi connectivity index (χ3v) is 9.03. The summed E-state index contributed by atoms with van der Waals surface area (Å²) in [6.45, 7) is 2.27. The fourth-order valence-corrected chi connectivity index (χ4v) is 5.79. The molecule has 0 bridgehead atoms. The summed E-state index contributed by atoms with van der Waals surface area (Å²) in [7, 11) is 1.71. The lowest BCUT2D eigenvalue weighted by Crippen LogP contribution is -2.45. The maximum atomic E-state index is 16.1. The van der Waals surface area contributed by atoms with E-state index < -0.39 is 20.9 Å². The topological polar surface area (TPSA) is 100 Å². The summed E-state index contributed by atoms with van der Waals surface area (Å²) in [4.78, 5) is 8.04. The first-order valence-electron chi connectivity index (χ1n) is 11.6. The first kappa shape index (κ1) is 29.6. The highest BCUT2D eigenvalue weighted by atomic mass is 79.9. The van der Waals surface area contributed by atoms with Crippen molar-refractivity contribution in [1.82, 2.24) is 14.3 Å². The van der Waals surface area contributed by atoms with Gasteiger partial charge in [-0.25, -0.2) is 22.8 Å². The predicted molar refractivity (Wildman–Crippen MR) is 145 cm³/mol. The van der Waals surface area contributed by atoms with Crippen LogP contribution in [0.1, 0.15) is 30.8 Å². The summed E-state index contributed by atoms with van der Waals surface area (Å²) in [6.07, 6.45) is 2.75. The SMILES string of the molecule is COc1ccc(CN(Cc2ccc(OC)cc2OC)S(=O)(=O)C(C)C(C)(F)c2ncc(Br)cn2)c(OC)c1. The van der Waals surface area contributed by atoms with Crippen molar-refractivity contribution in [2.45, 2.75) is 37.9 Å². The molecule has 0 aliphatic rings. The Morgan fingerprint density at radius 3 is 1.74 bits per heavy atom. The molecule has 206 valence electrons. The fraction of sp³-hybridized carbons (Fsp3) is 0.385. The number of nitrogens with zero attached hydrogens (tertiary/aromatic N) is 3. The number of sulfonamides is 1. The van der Waals surface area contributed by atoms with Crippen LogP contribution in [0.15, 0.2) is 53.3 Å². The molecule has 0 N–H and O–H groups in total. The third kappa shape index (κ3) is 6.36. The third-order valence-electron chi connectivity index (χ3n) is 6.31. The molecule has 3 aromatic rings. The molecular weight excluding hydrogens is 581 g/mol. The van der Waals surface area contributed by atoms with E-state index >= 15 is 4.39 Å². The number of hydrogen-bond donors (Lipinski definition) is 0. The second kappa shape index (κ2) is 12.3. The Labute approximate surface area is 231 Å². The average molecular weight is 613 g/mol. The smallest absolute Gasteiger partial charge is 0.220 e. The van der Waals surface area contributed by atoms with Gasteiger partial charge < -0.3 is 18.9 Å². The van der Waals surface area contributed by atoms with Crippen molar-refractivity contribution < 1.29 is 31.8 Å². The predicted octanol–water partition coefficient (Wildman–Crippen LogP) is 4.88. The van der Waals surface area contributed by atoms with Gasteiger partial charge in [0, 0.05) is 48.7 Å². The van der Waals surface area contributed by atoms with Crippen molar-refractivity contribution in [3.8, 4) is 23.0 Å². The molecule has 0 aliphatic heterocycles. The normalized spacial score (nSPS) is 14.0. The van der Waals surface area contributed by atoms with Gasteiger partial charge in [-0.3, -0.25) is 0 Å². The van der Waals surface area contributed by atoms with E-state index in [1.54, 1.807) is 36.4 Å². The number of halogens is 2. The molecule has 0 radical (unpaired) electrons. The summed E-state index contributed by atoms with van der Waals surface area (Å²) in [5.74, 6) is 1.72. The van der Waals surface area contributed by atoms with Gasteiger partial charge in [-0.2, -0.15) is 4.31 Å². The molecule has 2 aromatic carbocycles. The first-order valence-corrected chi connectivity index (χ1v) is 13.8. The van der Waals surface area contributed by atoms with Gasteiger partial charge in [0.1, 0.15) is 28.2 Å². The standard InChI is InChI=1S/C26H31BrFN3O6S/c1-17(26(2,28)25-29-13-20(27)14-30-25)38(32,33)31(15-18-7-9-21(34-3)11-23(18)36-5)16-19-8-10-22(35-4)12-24(19)37-6/h7-14,17H,15-16H2,1-6H3. The van der Waals surface area contributed by atoms with Crippen molar-refractivity contribution in [2.24, 2.45) is 0 Å². The monoisotopic (exact) mass is 611 g/mol. The van der Waals surface area contributed by atoms with E-state index in [9.17, 15) is 8.42 Å². The number of methoxy groups -OCH3 is 4. The average Bonchev–Trinajstić information content (AvgIpc) is 2.92. The Balaban J connectivity index is 2.08. The number of aromatic nitrogens is 2. The van der Waals surface area contributed by atoms with Crippen molar-refractivity contribution in [1.29, 1.82) is 0 Å². The van der Waals surface area contributed by atoms with Gasteiger partial charge in [0.15, 0.2) is 11.5 Å². The molecule has 0 fully saturated rings. The molecule has 2 atom stereocenters. The molecule has 0 saturated heterocycles. The molecule has 3 rings (SSSR count). The second-order valence-corrected chi connectivity index (χ2v) is 11.8. The Morgan fingerprint density at radius 2 is 1.34 bits per heavy atom. The fourth-order valence-electron chi connectivity index (χ4n) is 3.83. The Hall–Kier alpha value is -2.96. The zero-order chi connectivity index (χ0) is 28.1. The van der Waals surface area contributed by atoms with Gasteiger partial charge in [0.25, 0.3) is 0 Å². The molecule has 38 heavy (non-hydrogen) atoms. The molecule has 0 saturated carbocycles. The number of benzene rings is 2. The lowest BCUT2D eigenvalue weighted by molar-refractivity contribution is 0.169. The van der Waals surface area contributed by atoms with E-state index in [0.717, 1.165) is 0 Å².